The summed E-state index contributed by atoms with van der Waals surface area (Å²) in [6.45, 7) is 2.42. The minimum Gasteiger partial charge on any atom is -0.507 e. The summed E-state index contributed by atoms with van der Waals surface area (Å²) >= 11 is 0. The van der Waals surface area contributed by atoms with Crippen LogP contribution >= 0.6 is 0 Å². The number of phenolic OH excluding ortho intramolecular Hbond substituents is 1. The predicted octanol–water partition coefficient (Wildman–Crippen LogP) is 3.77. The van der Waals surface area contributed by atoms with Gasteiger partial charge in [0.05, 0.1) is 27.9 Å². The number of phenols is 1. The van der Waals surface area contributed by atoms with E-state index in [1.54, 1.807) is 20.3 Å². The number of hydrogen-bond acceptors (Lipinski definition) is 6. The summed E-state index contributed by atoms with van der Waals surface area (Å²) < 4.78 is 21.1. The SMILES string of the molecule is CCCc1c(OCCc2ccc(OC)c(OC)c2)ccc(C(=O)OC)c1O. The number of benzene rings is 2. The van der Waals surface area contributed by atoms with E-state index in [1.165, 1.54) is 13.2 Å². The highest BCUT2D eigenvalue weighted by atomic mass is 16.5. The van der Waals surface area contributed by atoms with Gasteiger partial charge in [-0.2, -0.15) is 0 Å². The van der Waals surface area contributed by atoms with E-state index >= 15 is 0 Å². The molecule has 6 heteroatoms. The van der Waals surface area contributed by atoms with Crippen molar-refractivity contribution in [2.45, 2.75) is 26.2 Å². The molecule has 0 saturated carbocycles. The van der Waals surface area contributed by atoms with Crippen LogP contribution in [0.2, 0.25) is 0 Å². The summed E-state index contributed by atoms with van der Waals surface area (Å²) in [6.07, 6.45) is 2.07. The average Bonchev–Trinajstić information content (AvgIpc) is 2.69. The molecular weight excluding hydrogens is 348 g/mol. The van der Waals surface area contributed by atoms with Crippen LogP contribution in [-0.4, -0.2) is 39.0 Å². The second-order valence-corrected chi connectivity index (χ2v) is 5.97. The van der Waals surface area contributed by atoms with Gasteiger partial charge in [-0.3, -0.25) is 0 Å². The van der Waals surface area contributed by atoms with Crippen LogP contribution in [0.15, 0.2) is 30.3 Å². The minimum atomic E-state index is -0.568. The Morgan fingerprint density at radius 1 is 0.963 bits per heavy atom. The lowest BCUT2D eigenvalue weighted by Gasteiger charge is -2.15. The first-order valence-electron chi connectivity index (χ1n) is 8.82. The van der Waals surface area contributed by atoms with E-state index in [0.29, 0.717) is 42.3 Å². The van der Waals surface area contributed by atoms with Crippen LogP contribution in [0.5, 0.6) is 23.0 Å². The Labute approximate surface area is 159 Å². The maximum atomic E-state index is 11.8. The number of aromatic hydroxyl groups is 1. The molecule has 0 spiro atoms. The van der Waals surface area contributed by atoms with Crippen LogP contribution in [0.3, 0.4) is 0 Å². The number of hydrogen-bond donors (Lipinski definition) is 1. The summed E-state index contributed by atoms with van der Waals surface area (Å²) in [4.78, 5) is 11.8. The molecule has 146 valence electrons. The zero-order valence-corrected chi connectivity index (χ0v) is 16.2. The van der Waals surface area contributed by atoms with Crippen molar-refractivity contribution in [3.8, 4) is 23.0 Å². The highest BCUT2D eigenvalue weighted by Crippen LogP contribution is 2.33. The van der Waals surface area contributed by atoms with Gasteiger partial charge >= 0.3 is 5.97 Å². The number of carbonyl (C=O) groups excluding carboxylic acids is 1. The molecule has 2 aromatic rings. The van der Waals surface area contributed by atoms with Gasteiger partial charge in [0, 0.05) is 12.0 Å². The molecule has 0 radical (unpaired) electrons. The molecule has 0 aliphatic carbocycles. The van der Waals surface area contributed by atoms with Crippen molar-refractivity contribution in [3.63, 3.8) is 0 Å². The molecule has 1 N–H and O–H groups in total. The van der Waals surface area contributed by atoms with Gasteiger partial charge in [0.2, 0.25) is 0 Å². The smallest absolute Gasteiger partial charge is 0.341 e. The van der Waals surface area contributed by atoms with Gasteiger partial charge in [-0.15, -0.1) is 0 Å². The zero-order chi connectivity index (χ0) is 19.8. The third kappa shape index (κ3) is 4.84. The van der Waals surface area contributed by atoms with Crippen molar-refractivity contribution in [2.24, 2.45) is 0 Å². The summed E-state index contributed by atoms with van der Waals surface area (Å²) in [5, 5.41) is 10.4. The number of carbonyl (C=O) groups is 1. The Bertz CT molecular complexity index is 784. The maximum Gasteiger partial charge on any atom is 0.341 e. The molecular formula is C21H26O6. The Balaban J connectivity index is 2.13. The van der Waals surface area contributed by atoms with E-state index in [-0.39, 0.29) is 11.3 Å². The first-order chi connectivity index (χ1) is 13.0. The zero-order valence-electron chi connectivity index (χ0n) is 16.2. The Morgan fingerprint density at radius 2 is 1.67 bits per heavy atom. The summed E-state index contributed by atoms with van der Waals surface area (Å²) in [7, 11) is 4.48. The van der Waals surface area contributed by atoms with Gasteiger partial charge in [-0.1, -0.05) is 19.4 Å². The van der Waals surface area contributed by atoms with Crippen molar-refractivity contribution in [3.05, 3.63) is 47.0 Å². The van der Waals surface area contributed by atoms with E-state index in [4.69, 9.17) is 18.9 Å². The molecule has 0 fully saturated rings. The van der Waals surface area contributed by atoms with Crippen molar-refractivity contribution in [1.29, 1.82) is 0 Å². The largest absolute Gasteiger partial charge is 0.507 e. The van der Waals surface area contributed by atoms with E-state index in [0.717, 1.165) is 12.0 Å². The molecule has 0 aromatic heterocycles. The summed E-state index contributed by atoms with van der Waals surface area (Å²) in [6, 6.07) is 8.94. The Hall–Kier alpha value is -2.89. The average molecular weight is 374 g/mol. The predicted molar refractivity (Wildman–Crippen MR) is 102 cm³/mol. The number of ether oxygens (including phenoxy) is 4. The quantitative estimate of drug-likeness (QED) is 0.674. The third-order valence-corrected chi connectivity index (χ3v) is 4.24. The lowest BCUT2D eigenvalue weighted by atomic mass is 10.0. The molecule has 27 heavy (non-hydrogen) atoms. The van der Waals surface area contributed by atoms with Crippen molar-refractivity contribution in [2.75, 3.05) is 27.9 Å². The molecule has 0 amide bonds. The summed E-state index contributed by atoms with van der Waals surface area (Å²) in [5.74, 6) is 1.27. The van der Waals surface area contributed by atoms with Crippen molar-refractivity contribution < 1.29 is 28.8 Å². The van der Waals surface area contributed by atoms with Crippen LogP contribution in [0, 0.1) is 0 Å². The second kappa shape index (κ2) is 9.71. The number of esters is 1. The Kier molecular flexibility index (Phi) is 7.34. The van der Waals surface area contributed by atoms with Gasteiger partial charge in [-0.05, 0) is 36.2 Å². The molecule has 0 atom stereocenters. The monoisotopic (exact) mass is 374 g/mol. The van der Waals surface area contributed by atoms with E-state index in [2.05, 4.69) is 0 Å². The van der Waals surface area contributed by atoms with E-state index < -0.39 is 5.97 Å². The van der Waals surface area contributed by atoms with Gasteiger partial charge in [0.1, 0.15) is 17.1 Å². The van der Waals surface area contributed by atoms with Gasteiger partial charge in [0.15, 0.2) is 11.5 Å². The number of methoxy groups -OCH3 is 3. The minimum absolute atomic E-state index is 0.0766. The van der Waals surface area contributed by atoms with E-state index in [1.807, 2.05) is 25.1 Å². The van der Waals surface area contributed by atoms with Crippen LogP contribution < -0.4 is 14.2 Å². The van der Waals surface area contributed by atoms with Crippen molar-refractivity contribution >= 4 is 5.97 Å². The fourth-order valence-electron chi connectivity index (χ4n) is 2.83. The first kappa shape index (κ1) is 20.4. The van der Waals surface area contributed by atoms with Gasteiger partial charge in [-0.25, -0.2) is 4.79 Å². The topological polar surface area (TPSA) is 74.2 Å². The highest BCUT2D eigenvalue weighted by molar-refractivity contribution is 5.93. The van der Waals surface area contributed by atoms with Crippen LogP contribution in [0.25, 0.3) is 0 Å². The lowest BCUT2D eigenvalue weighted by Crippen LogP contribution is -2.07. The van der Waals surface area contributed by atoms with Gasteiger partial charge < -0.3 is 24.1 Å². The second-order valence-electron chi connectivity index (χ2n) is 5.97. The van der Waals surface area contributed by atoms with Crippen LogP contribution in [0.1, 0.15) is 34.8 Å². The van der Waals surface area contributed by atoms with Crippen LogP contribution in [0.4, 0.5) is 0 Å². The fraction of sp³-hybridized carbons (Fsp3) is 0.381. The first-order valence-corrected chi connectivity index (χ1v) is 8.82. The molecule has 0 bridgehead atoms. The standard InChI is InChI=1S/C21H26O6/c1-5-6-15-17(10-8-16(20(15)22)21(23)26-4)27-12-11-14-7-9-18(24-2)19(13-14)25-3/h7-10,13,22H,5-6,11-12H2,1-4H3. The fourth-order valence-corrected chi connectivity index (χ4v) is 2.83. The molecule has 0 unspecified atom stereocenters. The maximum absolute atomic E-state index is 11.8. The molecule has 2 rings (SSSR count). The van der Waals surface area contributed by atoms with E-state index in [9.17, 15) is 9.90 Å². The Morgan fingerprint density at radius 3 is 2.30 bits per heavy atom. The van der Waals surface area contributed by atoms with Crippen LogP contribution in [-0.2, 0) is 17.6 Å². The molecule has 0 heterocycles. The van der Waals surface area contributed by atoms with Crippen molar-refractivity contribution in [1.82, 2.24) is 0 Å². The molecule has 2 aromatic carbocycles. The molecule has 0 aliphatic heterocycles. The van der Waals surface area contributed by atoms with Gasteiger partial charge in [0.25, 0.3) is 0 Å². The third-order valence-electron chi connectivity index (χ3n) is 4.24. The lowest BCUT2D eigenvalue weighted by molar-refractivity contribution is 0.0597. The summed E-state index contributed by atoms with van der Waals surface area (Å²) in [5.41, 5.74) is 1.81. The normalized spacial score (nSPS) is 10.4. The molecule has 0 saturated heterocycles. The highest BCUT2D eigenvalue weighted by Gasteiger charge is 2.18. The number of rotatable bonds is 9. The molecule has 0 aliphatic rings. The molecule has 6 nitrogen and oxygen atoms in total.